The van der Waals surface area contributed by atoms with Crippen LogP contribution < -0.4 is 16.6 Å². The lowest BCUT2D eigenvalue weighted by Crippen LogP contribution is -2.51. The summed E-state index contributed by atoms with van der Waals surface area (Å²) in [6.07, 6.45) is -0.426. The van der Waals surface area contributed by atoms with E-state index in [4.69, 9.17) is 10.2 Å². The second-order valence-electron chi connectivity index (χ2n) is 6.48. The van der Waals surface area contributed by atoms with E-state index in [-0.39, 0.29) is 5.39 Å². The molecule has 0 aliphatic heterocycles. The number of rotatable bonds is 8. The van der Waals surface area contributed by atoms with Gasteiger partial charge in [0.15, 0.2) is 0 Å². The first-order valence-corrected chi connectivity index (χ1v) is 8.65. The molecular formula is C18H21N3O7. The largest absolute Gasteiger partial charge is 0.481 e. The first-order chi connectivity index (χ1) is 13.2. The number of H-pyrrole nitrogens is 1. The molecule has 0 fully saturated rings. The number of hydrogen-bond donors (Lipinski definition) is 4. The van der Waals surface area contributed by atoms with E-state index < -0.39 is 53.5 Å². The average molecular weight is 391 g/mol. The number of aliphatic carboxylic acids is 2. The predicted molar refractivity (Wildman–Crippen MR) is 99.1 cm³/mol. The van der Waals surface area contributed by atoms with Crippen molar-refractivity contribution in [2.24, 2.45) is 5.92 Å². The number of fused-ring (bicyclic) bond motifs is 1. The summed E-state index contributed by atoms with van der Waals surface area (Å²) in [5.74, 6) is -4.35. The Labute approximate surface area is 158 Å². The van der Waals surface area contributed by atoms with Crippen molar-refractivity contribution in [3.63, 3.8) is 0 Å². The number of hydrogen-bond acceptors (Lipinski definition) is 5. The van der Waals surface area contributed by atoms with Crippen LogP contribution in [-0.2, 0) is 14.4 Å². The number of aromatic amines is 1. The Balaban J connectivity index is 2.56. The summed E-state index contributed by atoms with van der Waals surface area (Å²) in [6, 6.07) is 3.31. The highest BCUT2D eigenvalue weighted by Gasteiger charge is 2.33. The number of nitrogens with one attached hydrogen (secondary N) is 2. The first-order valence-electron chi connectivity index (χ1n) is 8.65. The average Bonchev–Trinajstić information content (AvgIpc) is 2.63. The maximum Gasteiger partial charge on any atom is 0.329 e. The summed E-state index contributed by atoms with van der Waals surface area (Å²) >= 11 is 0. The number of benzene rings is 1. The zero-order chi connectivity index (χ0) is 21.0. The molecule has 0 bridgehead atoms. The second-order valence-corrected chi connectivity index (χ2v) is 6.48. The number of aromatic nitrogens is 2. The molecule has 0 aliphatic rings. The Bertz CT molecular complexity index is 1020. The molecule has 4 N–H and O–H groups in total. The number of carboxylic acids is 2. The molecule has 150 valence electrons. The van der Waals surface area contributed by atoms with E-state index in [0.717, 1.165) is 4.57 Å². The van der Waals surface area contributed by atoms with E-state index in [1.807, 2.05) is 0 Å². The Morgan fingerprint density at radius 3 is 2.39 bits per heavy atom. The van der Waals surface area contributed by atoms with Gasteiger partial charge in [-0.2, -0.15) is 0 Å². The highest BCUT2D eigenvalue weighted by molar-refractivity contribution is 5.89. The number of para-hydroxylation sites is 1. The van der Waals surface area contributed by atoms with Crippen LogP contribution in [0.25, 0.3) is 10.9 Å². The van der Waals surface area contributed by atoms with Crippen LogP contribution in [-0.4, -0.2) is 43.7 Å². The van der Waals surface area contributed by atoms with Gasteiger partial charge in [0.2, 0.25) is 5.91 Å². The second kappa shape index (κ2) is 8.51. The third-order valence-electron chi connectivity index (χ3n) is 4.56. The monoisotopic (exact) mass is 391 g/mol. The van der Waals surface area contributed by atoms with Gasteiger partial charge in [-0.05, 0) is 18.1 Å². The third-order valence-corrected chi connectivity index (χ3v) is 4.56. The fourth-order valence-electron chi connectivity index (χ4n) is 2.91. The SMILES string of the molecule is CCC(C)C(C(=O)NC(CC(=O)O)C(=O)O)n1c(=O)[nH]c2ccccc2c1=O. The number of nitrogens with zero attached hydrogens (tertiary/aromatic N) is 1. The minimum atomic E-state index is -1.69. The van der Waals surface area contributed by atoms with Crippen LogP contribution in [0, 0.1) is 5.92 Å². The van der Waals surface area contributed by atoms with Gasteiger partial charge in [-0.15, -0.1) is 0 Å². The lowest BCUT2D eigenvalue weighted by molar-refractivity contribution is -0.147. The molecular weight excluding hydrogens is 370 g/mol. The third kappa shape index (κ3) is 4.27. The Morgan fingerprint density at radius 2 is 1.82 bits per heavy atom. The molecule has 10 heteroatoms. The topological polar surface area (TPSA) is 159 Å². The number of carboxylic acid groups (broad SMARTS) is 2. The van der Waals surface area contributed by atoms with Crippen LogP contribution >= 0.6 is 0 Å². The van der Waals surface area contributed by atoms with Crippen LogP contribution in [0.2, 0.25) is 0 Å². The number of carbonyl (C=O) groups is 3. The molecule has 1 aromatic carbocycles. The lowest BCUT2D eigenvalue weighted by Gasteiger charge is -2.25. The van der Waals surface area contributed by atoms with Gasteiger partial charge in [0, 0.05) is 0 Å². The summed E-state index contributed by atoms with van der Waals surface area (Å²) in [5, 5.41) is 20.3. The van der Waals surface area contributed by atoms with Gasteiger partial charge in [-0.3, -0.25) is 14.4 Å². The van der Waals surface area contributed by atoms with Crippen molar-refractivity contribution < 1.29 is 24.6 Å². The lowest BCUT2D eigenvalue weighted by atomic mass is 9.97. The highest BCUT2D eigenvalue weighted by Crippen LogP contribution is 2.20. The van der Waals surface area contributed by atoms with Gasteiger partial charge in [-0.1, -0.05) is 32.4 Å². The van der Waals surface area contributed by atoms with Crippen molar-refractivity contribution in [1.29, 1.82) is 0 Å². The van der Waals surface area contributed by atoms with Crippen LogP contribution in [0.5, 0.6) is 0 Å². The van der Waals surface area contributed by atoms with Gasteiger partial charge in [0.25, 0.3) is 5.56 Å². The fourth-order valence-corrected chi connectivity index (χ4v) is 2.91. The molecule has 0 radical (unpaired) electrons. The molecule has 0 aliphatic carbocycles. The summed E-state index contributed by atoms with van der Waals surface area (Å²) in [4.78, 5) is 62.9. The van der Waals surface area contributed by atoms with E-state index in [0.29, 0.717) is 11.9 Å². The molecule has 3 atom stereocenters. The van der Waals surface area contributed by atoms with Crippen molar-refractivity contribution in [3.8, 4) is 0 Å². The summed E-state index contributed by atoms with van der Waals surface area (Å²) in [5.41, 5.74) is -1.19. The zero-order valence-electron chi connectivity index (χ0n) is 15.3. The molecule has 0 saturated heterocycles. The van der Waals surface area contributed by atoms with Crippen LogP contribution in [0.1, 0.15) is 32.7 Å². The number of amides is 1. The normalized spacial score (nSPS) is 14.2. The predicted octanol–water partition coefficient (Wildman–Crippen LogP) is 0.321. The van der Waals surface area contributed by atoms with Gasteiger partial charge in [-0.25, -0.2) is 14.2 Å². The maximum atomic E-state index is 12.9. The molecule has 0 saturated carbocycles. The summed E-state index contributed by atoms with van der Waals surface area (Å²) in [7, 11) is 0. The van der Waals surface area contributed by atoms with Crippen molar-refractivity contribution in [1.82, 2.24) is 14.9 Å². The molecule has 3 unspecified atom stereocenters. The van der Waals surface area contributed by atoms with E-state index in [1.165, 1.54) is 6.07 Å². The standard InChI is InChI=1S/C18H21N3O7/c1-3-9(2)14(15(24)19-12(17(26)27)8-13(22)23)21-16(25)10-6-4-5-7-11(10)20-18(21)28/h4-7,9,12,14H,3,8H2,1-2H3,(H,19,24)(H,20,28)(H,22,23)(H,26,27). The summed E-state index contributed by atoms with van der Waals surface area (Å²) in [6.45, 7) is 3.38. The smallest absolute Gasteiger partial charge is 0.329 e. The van der Waals surface area contributed by atoms with Crippen LogP contribution in [0.15, 0.2) is 33.9 Å². The van der Waals surface area contributed by atoms with Crippen molar-refractivity contribution >= 4 is 28.7 Å². The molecule has 10 nitrogen and oxygen atoms in total. The Hall–Kier alpha value is -3.43. The summed E-state index contributed by atoms with van der Waals surface area (Å²) < 4.78 is 0.755. The quantitative estimate of drug-likeness (QED) is 0.504. The highest BCUT2D eigenvalue weighted by atomic mass is 16.4. The van der Waals surface area contributed by atoms with Crippen molar-refractivity contribution in [2.45, 2.75) is 38.8 Å². The minimum absolute atomic E-state index is 0.198. The molecule has 1 heterocycles. The van der Waals surface area contributed by atoms with E-state index >= 15 is 0 Å². The van der Waals surface area contributed by atoms with E-state index in [1.54, 1.807) is 32.0 Å². The van der Waals surface area contributed by atoms with Gasteiger partial charge in [0.1, 0.15) is 12.1 Å². The maximum absolute atomic E-state index is 12.9. The fraction of sp³-hybridized carbons (Fsp3) is 0.389. The molecule has 2 rings (SSSR count). The Morgan fingerprint density at radius 1 is 1.18 bits per heavy atom. The van der Waals surface area contributed by atoms with Crippen molar-refractivity contribution in [2.75, 3.05) is 0 Å². The van der Waals surface area contributed by atoms with Crippen molar-refractivity contribution in [3.05, 3.63) is 45.1 Å². The molecule has 2 aromatic rings. The van der Waals surface area contributed by atoms with Crippen LogP contribution in [0.4, 0.5) is 0 Å². The first kappa shape index (κ1) is 20.9. The van der Waals surface area contributed by atoms with E-state index in [9.17, 15) is 24.0 Å². The number of carbonyl (C=O) groups excluding carboxylic acids is 1. The van der Waals surface area contributed by atoms with Gasteiger partial charge >= 0.3 is 17.6 Å². The molecule has 1 amide bonds. The van der Waals surface area contributed by atoms with Crippen LogP contribution in [0.3, 0.4) is 0 Å². The molecule has 1 aromatic heterocycles. The minimum Gasteiger partial charge on any atom is -0.481 e. The molecule has 0 spiro atoms. The van der Waals surface area contributed by atoms with E-state index in [2.05, 4.69) is 10.3 Å². The van der Waals surface area contributed by atoms with Gasteiger partial charge < -0.3 is 20.5 Å². The Kier molecular flexibility index (Phi) is 6.34. The zero-order valence-corrected chi connectivity index (χ0v) is 15.3. The molecule has 28 heavy (non-hydrogen) atoms. The van der Waals surface area contributed by atoms with Gasteiger partial charge in [0.05, 0.1) is 17.3 Å².